The summed E-state index contributed by atoms with van der Waals surface area (Å²) in [5.41, 5.74) is 8.55. The zero-order valence-electron chi connectivity index (χ0n) is 12.0. The average Bonchev–Trinajstić information content (AvgIpc) is 2.32. The van der Waals surface area contributed by atoms with Crippen molar-refractivity contribution in [2.45, 2.75) is 46.1 Å². The van der Waals surface area contributed by atoms with Crippen LogP contribution in [0.4, 0.5) is 10.1 Å². The van der Waals surface area contributed by atoms with Gasteiger partial charge in [0.05, 0.1) is 0 Å². The number of benzene rings is 1. The van der Waals surface area contributed by atoms with Crippen LogP contribution >= 0.6 is 0 Å². The third-order valence-electron chi connectivity index (χ3n) is 3.31. The smallest absolute Gasteiger partial charge is 0.126 e. The summed E-state index contributed by atoms with van der Waals surface area (Å²) in [5.74, 6) is -0.173. The van der Waals surface area contributed by atoms with Crippen LogP contribution in [0.25, 0.3) is 0 Å². The highest BCUT2D eigenvalue weighted by molar-refractivity contribution is 5.56. The Morgan fingerprint density at radius 1 is 1.33 bits per heavy atom. The van der Waals surface area contributed by atoms with Crippen LogP contribution in [0, 0.1) is 12.7 Å². The number of rotatable bonds is 6. The van der Waals surface area contributed by atoms with Crippen molar-refractivity contribution in [3.63, 3.8) is 0 Å². The molecule has 0 amide bonds. The van der Waals surface area contributed by atoms with E-state index >= 15 is 0 Å². The summed E-state index contributed by atoms with van der Waals surface area (Å²) in [7, 11) is 2.05. The molecule has 2 N–H and O–H groups in total. The first-order chi connectivity index (χ1) is 8.47. The van der Waals surface area contributed by atoms with Gasteiger partial charge in [-0.3, -0.25) is 0 Å². The number of nitrogens with two attached hydrogens (primary N) is 1. The third-order valence-corrected chi connectivity index (χ3v) is 3.31. The Morgan fingerprint density at radius 3 is 2.56 bits per heavy atom. The highest BCUT2D eigenvalue weighted by Crippen LogP contribution is 2.27. The fourth-order valence-electron chi connectivity index (χ4n) is 2.10. The van der Waals surface area contributed by atoms with E-state index in [9.17, 15) is 4.39 Å². The van der Waals surface area contributed by atoms with Crippen molar-refractivity contribution >= 4 is 5.69 Å². The van der Waals surface area contributed by atoms with Gasteiger partial charge < -0.3 is 10.6 Å². The number of nitrogens with zero attached hydrogens (tertiary/aromatic N) is 1. The van der Waals surface area contributed by atoms with Crippen LogP contribution in [-0.4, -0.2) is 13.6 Å². The van der Waals surface area contributed by atoms with E-state index in [-0.39, 0.29) is 11.9 Å². The highest BCUT2D eigenvalue weighted by atomic mass is 19.1. The van der Waals surface area contributed by atoms with Gasteiger partial charge in [0.15, 0.2) is 0 Å². The van der Waals surface area contributed by atoms with E-state index in [0.717, 1.165) is 24.2 Å². The number of anilines is 1. The molecule has 1 rings (SSSR count). The van der Waals surface area contributed by atoms with Gasteiger partial charge in [-0.1, -0.05) is 19.8 Å². The van der Waals surface area contributed by atoms with Crippen LogP contribution in [0.3, 0.4) is 0 Å². The molecular weight excluding hydrogens is 227 g/mol. The first kappa shape index (κ1) is 15.0. The molecule has 0 aliphatic rings. The molecule has 0 bridgehead atoms. The van der Waals surface area contributed by atoms with Crippen molar-refractivity contribution < 1.29 is 4.39 Å². The SMILES string of the molecule is CCCCCN(C)c1cc(C)c(F)cc1[C@@H](C)N. The third kappa shape index (κ3) is 3.70. The van der Waals surface area contributed by atoms with Crippen LogP contribution in [0.15, 0.2) is 12.1 Å². The molecular formula is C15H25FN2. The van der Waals surface area contributed by atoms with Gasteiger partial charge in [0.2, 0.25) is 0 Å². The summed E-state index contributed by atoms with van der Waals surface area (Å²) < 4.78 is 13.6. The molecule has 1 aromatic rings. The first-order valence-electron chi connectivity index (χ1n) is 6.74. The topological polar surface area (TPSA) is 29.3 Å². The van der Waals surface area contributed by atoms with Crippen LogP contribution in [0.2, 0.25) is 0 Å². The summed E-state index contributed by atoms with van der Waals surface area (Å²) >= 11 is 0. The summed E-state index contributed by atoms with van der Waals surface area (Å²) in [5, 5.41) is 0. The predicted octanol–water partition coefficient (Wildman–Crippen LogP) is 3.78. The normalized spacial score (nSPS) is 12.6. The second-order valence-electron chi connectivity index (χ2n) is 5.08. The van der Waals surface area contributed by atoms with E-state index in [1.54, 1.807) is 13.0 Å². The minimum absolute atomic E-state index is 0.149. The van der Waals surface area contributed by atoms with Gasteiger partial charge in [-0.15, -0.1) is 0 Å². The van der Waals surface area contributed by atoms with E-state index in [2.05, 4.69) is 11.8 Å². The van der Waals surface area contributed by atoms with Crippen LogP contribution < -0.4 is 10.6 Å². The molecule has 0 spiro atoms. The lowest BCUT2D eigenvalue weighted by Gasteiger charge is -2.25. The van der Waals surface area contributed by atoms with Gasteiger partial charge in [-0.2, -0.15) is 0 Å². The Balaban J connectivity index is 2.94. The van der Waals surface area contributed by atoms with Crippen molar-refractivity contribution in [2.75, 3.05) is 18.5 Å². The van der Waals surface area contributed by atoms with Crippen molar-refractivity contribution in [1.82, 2.24) is 0 Å². The molecule has 0 aliphatic heterocycles. The molecule has 2 nitrogen and oxygen atoms in total. The molecule has 0 aromatic heterocycles. The maximum absolute atomic E-state index is 13.6. The van der Waals surface area contributed by atoms with Crippen LogP contribution in [0.5, 0.6) is 0 Å². The molecule has 18 heavy (non-hydrogen) atoms. The van der Waals surface area contributed by atoms with Gasteiger partial charge in [0.25, 0.3) is 0 Å². The van der Waals surface area contributed by atoms with E-state index < -0.39 is 0 Å². The Bertz CT molecular complexity index is 388. The monoisotopic (exact) mass is 252 g/mol. The molecule has 0 radical (unpaired) electrons. The van der Waals surface area contributed by atoms with Gasteiger partial charge in [0, 0.05) is 25.3 Å². The maximum Gasteiger partial charge on any atom is 0.126 e. The van der Waals surface area contributed by atoms with Crippen molar-refractivity contribution in [1.29, 1.82) is 0 Å². The maximum atomic E-state index is 13.6. The zero-order chi connectivity index (χ0) is 13.7. The highest BCUT2D eigenvalue weighted by Gasteiger charge is 2.13. The molecule has 1 atom stereocenters. The van der Waals surface area contributed by atoms with Crippen molar-refractivity contribution in [3.8, 4) is 0 Å². The largest absolute Gasteiger partial charge is 0.374 e. The molecule has 102 valence electrons. The molecule has 0 aliphatic carbocycles. The Hall–Kier alpha value is -1.09. The van der Waals surface area contributed by atoms with Crippen molar-refractivity contribution in [3.05, 3.63) is 29.1 Å². The zero-order valence-corrected chi connectivity index (χ0v) is 12.0. The first-order valence-corrected chi connectivity index (χ1v) is 6.74. The molecule has 0 unspecified atom stereocenters. The predicted molar refractivity (Wildman–Crippen MR) is 76.5 cm³/mol. The number of hydrogen-bond donors (Lipinski definition) is 1. The summed E-state index contributed by atoms with van der Waals surface area (Å²) in [6, 6.07) is 3.33. The Kier molecular flexibility index (Phi) is 5.60. The lowest BCUT2D eigenvalue weighted by atomic mass is 10.0. The minimum Gasteiger partial charge on any atom is -0.374 e. The molecule has 0 heterocycles. The van der Waals surface area contributed by atoms with E-state index in [1.165, 1.54) is 12.8 Å². The van der Waals surface area contributed by atoms with Crippen LogP contribution in [-0.2, 0) is 0 Å². The fourth-order valence-corrected chi connectivity index (χ4v) is 2.10. The lowest BCUT2D eigenvalue weighted by molar-refractivity contribution is 0.612. The second kappa shape index (κ2) is 6.74. The average molecular weight is 252 g/mol. The fraction of sp³-hybridized carbons (Fsp3) is 0.600. The molecule has 0 saturated carbocycles. The lowest BCUT2D eigenvalue weighted by Crippen LogP contribution is -2.22. The van der Waals surface area contributed by atoms with Gasteiger partial charge in [-0.05, 0) is 43.5 Å². The number of hydrogen-bond acceptors (Lipinski definition) is 2. The quantitative estimate of drug-likeness (QED) is 0.781. The Morgan fingerprint density at radius 2 is 2.00 bits per heavy atom. The minimum atomic E-state index is -0.173. The Labute approximate surface area is 110 Å². The number of unbranched alkanes of at least 4 members (excludes halogenated alkanes) is 2. The molecule has 0 saturated heterocycles. The molecule has 0 fully saturated rings. The van der Waals surface area contributed by atoms with E-state index in [0.29, 0.717) is 5.56 Å². The van der Waals surface area contributed by atoms with Gasteiger partial charge in [0.1, 0.15) is 5.82 Å². The van der Waals surface area contributed by atoms with E-state index in [1.807, 2.05) is 20.0 Å². The number of aryl methyl sites for hydroxylation is 1. The van der Waals surface area contributed by atoms with Gasteiger partial charge in [-0.25, -0.2) is 4.39 Å². The molecule has 1 aromatic carbocycles. The second-order valence-corrected chi connectivity index (χ2v) is 5.08. The van der Waals surface area contributed by atoms with Crippen LogP contribution in [0.1, 0.15) is 50.3 Å². The van der Waals surface area contributed by atoms with Crippen molar-refractivity contribution in [2.24, 2.45) is 5.73 Å². The molecule has 3 heteroatoms. The van der Waals surface area contributed by atoms with Gasteiger partial charge >= 0.3 is 0 Å². The summed E-state index contributed by atoms with van der Waals surface area (Å²) in [4.78, 5) is 2.18. The standard InChI is InChI=1S/C15H25FN2/c1-5-6-7-8-18(4)15-9-11(2)14(16)10-13(15)12(3)17/h9-10,12H,5-8,17H2,1-4H3/t12-/m1/s1. The summed E-state index contributed by atoms with van der Waals surface area (Å²) in [6.45, 7) is 6.87. The summed E-state index contributed by atoms with van der Waals surface area (Å²) in [6.07, 6.45) is 3.58. The number of halogens is 1. The van der Waals surface area contributed by atoms with E-state index in [4.69, 9.17) is 5.73 Å².